The Morgan fingerprint density at radius 3 is 2.62 bits per heavy atom. The smallest absolute Gasteiger partial charge is 0.408 e. The fraction of sp³-hybridized carbons (Fsp3) is 0.524. The number of aromatic nitrogens is 2. The molecule has 0 saturated carbocycles. The molecule has 2 aromatic heterocycles. The maximum absolute atomic E-state index is 14.0. The Morgan fingerprint density at radius 1 is 1.35 bits per heavy atom. The van der Waals surface area contributed by atoms with E-state index in [1.807, 2.05) is 6.92 Å². The quantitative estimate of drug-likeness (QED) is 0.405. The SMILES string of the molecule is CCOC(=O)c1nc(C(=O)N2CCCC2C)c(-c2cnc(N[C@H](C)C(F)(F)F)cc2C(F)F)s1. The maximum atomic E-state index is 14.0. The van der Waals surface area contributed by atoms with Crippen molar-refractivity contribution in [3.05, 3.63) is 28.5 Å². The molecule has 0 spiro atoms. The van der Waals surface area contributed by atoms with E-state index in [1.165, 1.54) is 0 Å². The van der Waals surface area contributed by atoms with Gasteiger partial charge in [0.05, 0.1) is 11.5 Å². The van der Waals surface area contributed by atoms with Gasteiger partial charge in [-0.1, -0.05) is 0 Å². The first-order valence-electron chi connectivity index (χ1n) is 10.5. The lowest BCUT2D eigenvalue weighted by molar-refractivity contribution is -0.138. The molecular formula is C21H23F5N4O3S. The molecule has 0 aromatic carbocycles. The molecule has 3 heterocycles. The summed E-state index contributed by atoms with van der Waals surface area (Å²) in [4.78, 5) is 35.0. The first-order valence-corrected chi connectivity index (χ1v) is 11.4. The van der Waals surface area contributed by atoms with Gasteiger partial charge in [0, 0.05) is 29.9 Å². The number of carbonyl (C=O) groups is 2. The summed E-state index contributed by atoms with van der Waals surface area (Å²) in [5.41, 5.74) is -1.03. The van der Waals surface area contributed by atoms with Gasteiger partial charge in [0.25, 0.3) is 12.3 Å². The molecule has 1 N–H and O–H groups in total. The van der Waals surface area contributed by atoms with Crippen molar-refractivity contribution < 1.29 is 36.3 Å². The van der Waals surface area contributed by atoms with Crippen molar-refractivity contribution in [1.82, 2.24) is 14.9 Å². The minimum atomic E-state index is -4.61. The molecule has 34 heavy (non-hydrogen) atoms. The number of amides is 1. The molecule has 1 saturated heterocycles. The van der Waals surface area contributed by atoms with E-state index in [0.717, 1.165) is 32.0 Å². The van der Waals surface area contributed by atoms with E-state index in [1.54, 1.807) is 11.8 Å². The van der Waals surface area contributed by atoms with Gasteiger partial charge in [-0.2, -0.15) is 13.2 Å². The molecule has 3 rings (SSSR count). The monoisotopic (exact) mass is 506 g/mol. The second-order valence-corrected chi connectivity index (χ2v) is 8.77. The maximum Gasteiger partial charge on any atom is 0.408 e. The molecule has 1 aliphatic heterocycles. The minimum Gasteiger partial charge on any atom is -0.461 e. The van der Waals surface area contributed by atoms with E-state index in [-0.39, 0.29) is 33.8 Å². The largest absolute Gasteiger partial charge is 0.461 e. The third-order valence-electron chi connectivity index (χ3n) is 5.36. The Kier molecular flexibility index (Phi) is 7.74. The van der Waals surface area contributed by atoms with E-state index in [9.17, 15) is 31.5 Å². The zero-order valence-electron chi connectivity index (χ0n) is 18.6. The van der Waals surface area contributed by atoms with Crippen LogP contribution in [-0.2, 0) is 4.74 Å². The van der Waals surface area contributed by atoms with Crippen LogP contribution in [0.2, 0.25) is 0 Å². The molecular weight excluding hydrogens is 483 g/mol. The molecule has 186 valence electrons. The van der Waals surface area contributed by atoms with Gasteiger partial charge in [-0.15, -0.1) is 11.3 Å². The molecule has 0 aliphatic carbocycles. The Balaban J connectivity index is 2.09. The number of ether oxygens (including phenoxy) is 1. The number of carbonyl (C=O) groups excluding carboxylic acids is 2. The number of halogens is 5. The summed E-state index contributed by atoms with van der Waals surface area (Å²) in [7, 11) is 0. The van der Waals surface area contributed by atoms with Crippen LogP contribution in [-0.4, -0.2) is 58.2 Å². The molecule has 0 radical (unpaired) electrons. The lowest BCUT2D eigenvalue weighted by atomic mass is 10.1. The average Bonchev–Trinajstić information content (AvgIpc) is 3.39. The molecule has 13 heteroatoms. The normalized spacial score (nSPS) is 17.2. The number of esters is 1. The van der Waals surface area contributed by atoms with Crippen LogP contribution >= 0.6 is 11.3 Å². The van der Waals surface area contributed by atoms with E-state index < -0.39 is 41.9 Å². The van der Waals surface area contributed by atoms with E-state index in [4.69, 9.17) is 4.74 Å². The first kappa shape index (κ1) is 25.8. The number of hydrogen-bond donors (Lipinski definition) is 1. The third kappa shape index (κ3) is 5.45. The second kappa shape index (κ2) is 10.2. The standard InChI is InChI=1S/C21H23F5N4O3S/c1-4-33-20(32)18-29-15(19(31)30-7-5-6-10(30)2)16(34-18)13-9-27-14(8-12(13)17(22)23)28-11(3)21(24,25)26/h8-11,17H,4-7H2,1-3H3,(H,27,28)/t10?,11-/m1/s1. The summed E-state index contributed by atoms with van der Waals surface area (Å²) in [6.45, 7) is 4.75. The number of likely N-dealkylation sites (tertiary alicyclic amines) is 1. The number of nitrogens with one attached hydrogen (secondary N) is 1. The Bertz CT molecular complexity index is 1060. The molecule has 2 aromatic rings. The highest BCUT2D eigenvalue weighted by atomic mass is 32.1. The molecule has 1 aliphatic rings. The Morgan fingerprint density at radius 2 is 2.06 bits per heavy atom. The molecule has 1 amide bonds. The van der Waals surface area contributed by atoms with Crippen LogP contribution in [0.4, 0.5) is 27.8 Å². The van der Waals surface area contributed by atoms with Gasteiger partial charge in [0.1, 0.15) is 17.6 Å². The minimum absolute atomic E-state index is 0.0228. The number of nitrogens with zero attached hydrogens (tertiary/aromatic N) is 3. The van der Waals surface area contributed by atoms with Crippen molar-refractivity contribution >= 4 is 29.0 Å². The van der Waals surface area contributed by atoms with Gasteiger partial charge < -0.3 is 15.0 Å². The van der Waals surface area contributed by atoms with Gasteiger partial charge in [-0.05, 0) is 39.7 Å². The van der Waals surface area contributed by atoms with Crippen molar-refractivity contribution in [2.24, 2.45) is 0 Å². The first-order chi connectivity index (χ1) is 15.9. The molecule has 0 bridgehead atoms. The molecule has 1 fully saturated rings. The predicted octanol–water partition coefficient (Wildman–Crippen LogP) is 5.31. The van der Waals surface area contributed by atoms with Crippen molar-refractivity contribution in [3.63, 3.8) is 0 Å². The average molecular weight is 506 g/mol. The van der Waals surface area contributed by atoms with Gasteiger partial charge in [0.15, 0.2) is 0 Å². The number of hydrogen-bond acceptors (Lipinski definition) is 7. The fourth-order valence-corrected chi connectivity index (χ4v) is 4.51. The van der Waals surface area contributed by atoms with Gasteiger partial charge in [0.2, 0.25) is 5.01 Å². The van der Waals surface area contributed by atoms with Crippen LogP contribution in [0.15, 0.2) is 12.3 Å². The Labute approximate surface area is 196 Å². The molecule has 2 atom stereocenters. The van der Waals surface area contributed by atoms with Crippen LogP contribution in [0.5, 0.6) is 0 Å². The Hall–Kier alpha value is -2.83. The summed E-state index contributed by atoms with van der Waals surface area (Å²) in [6.07, 6.45) is -5.22. The lowest BCUT2D eigenvalue weighted by Gasteiger charge is -2.21. The van der Waals surface area contributed by atoms with E-state index >= 15 is 0 Å². The van der Waals surface area contributed by atoms with Gasteiger partial charge >= 0.3 is 12.1 Å². The third-order valence-corrected chi connectivity index (χ3v) is 6.43. The predicted molar refractivity (Wildman–Crippen MR) is 115 cm³/mol. The zero-order valence-corrected chi connectivity index (χ0v) is 19.4. The van der Waals surface area contributed by atoms with Gasteiger partial charge in [-0.25, -0.2) is 23.5 Å². The van der Waals surface area contributed by atoms with Crippen LogP contribution in [0.1, 0.15) is 65.9 Å². The van der Waals surface area contributed by atoms with Crippen molar-refractivity contribution in [2.75, 3.05) is 18.5 Å². The number of rotatable bonds is 7. The second-order valence-electron chi connectivity index (χ2n) is 7.77. The topological polar surface area (TPSA) is 84.4 Å². The highest BCUT2D eigenvalue weighted by Gasteiger charge is 2.37. The van der Waals surface area contributed by atoms with E-state index in [0.29, 0.717) is 17.9 Å². The summed E-state index contributed by atoms with van der Waals surface area (Å²) >= 11 is 0.698. The number of anilines is 1. The fourth-order valence-electron chi connectivity index (χ4n) is 3.52. The zero-order chi connectivity index (χ0) is 25.2. The number of thiazole rings is 1. The summed E-state index contributed by atoms with van der Waals surface area (Å²) < 4.78 is 71.5. The molecule has 7 nitrogen and oxygen atoms in total. The lowest BCUT2D eigenvalue weighted by Crippen LogP contribution is -2.34. The van der Waals surface area contributed by atoms with Crippen LogP contribution < -0.4 is 5.32 Å². The summed E-state index contributed by atoms with van der Waals surface area (Å²) in [6, 6.07) is -1.32. The van der Waals surface area contributed by atoms with Crippen LogP contribution in [0.25, 0.3) is 10.4 Å². The molecule has 1 unspecified atom stereocenters. The van der Waals surface area contributed by atoms with Crippen molar-refractivity contribution in [3.8, 4) is 10.4 Å². The van der Waals surface area contributed by atoms with Crippen LogP contribution in [0, 0.1) is 0 Å². The number of alkyl halides is 5. The van der Waals surface area contributed by atoms with E-state index in [2.05, 4.69) is 15.3 Å². The van der Waals surface area contributed by atoms with Crippen molar-refractivity contribution in [1.29, 1.82) is 0 Å². The van der Waals surface area contributed by atoms with Crippen molar-refractivity contribution in [2.45, 2.75) is 58.3 Å². The summed E-state index contributed by atoms with van der Waals surface area (Å²) in [5.74, 6) is -1.74. The summed E-state index contributed by atoms with van der Waals surface area (Å²) in [5, 5.41) is 1.86. The van der Waals surface area contributed by atoms with Gasteiger partial charge in [-0.3, -0.25) is 4.79 Å². The van der Waals surface area contributed by atoms with Crippen LogP contribution in [0.3, 0.4) is 0 Å². The highest BCUT2D eigenvalue weighted by molar-refractivity contribution is 7.17. The number of pyridine rings is 1. The highest BCUT2D eigenvalue weighted by Crippen LogP contribution is 2.39.